The smallest absolute Gasteiger partial charge is 0.310 e. The highest BCUT2D eigenvalue weighted by Crippen LogP contribution is 2.41. The molecule has 0 aliphatic rings. The van der Waals surface area contributed by atoms with Crippen molar-refractivity contribution in [2.75, 3.05) is 0 Å². The van der Waals surface area contributed by atoms with E-state index in [-0.39, 0.29) is 5.92 Å². The predicted octanol–water partition coefficient (Wildman–Crippen LogP) is 3.89. The molecule has 2 heterocycles. The Morgan fingerprint density at radius 2 is 1.87 bits per heavy atom. The van der Waals surface area contributed by atoms with Gasteiger partial charge in [-0.05, 0) is 44.0 Å². The van der Waals surface area contributed by atoms with Crippen molar-refractivity contribution in [2.45, 2.75) is 26.7 Å². The molecule has 0 saturated carbocycles. The molecule has 4 heteroatoms. The minimum Gasteiger partial charge on any atom is -0.481 e. The summed E-state index contributed by atoms with van der Waals surface area (Å²) in [4.78, 5) is 16.2. The minimum absolute atomic E-state index is 0.235. The second kappa shape index (κ2) is 5.54. The Labute approximate surface area is 135 Å². The number of nitrogens with zero attached hydrogens (tertiary/aromatic N) is 2. The zero-order chi connectivity index (χ0) is 16.6. The lowest BCUT2D eigenvalue weighted by Crippen LogP contribution is -2.32. The average molecular weight is 308 g/mol. The lowest BCUT2D eigenvalue weighted by atomic mass is 9.71. The van der Waals surface area contributed by atoms with Gasteiger partial charge in [0.2, 0.25) is 0 Å². The molecule has 3 aromatic rings. The molecule has 2 aromatic heterocycles. The summed E-state index contributed by atoms with van der Waals surface area (Å²) in [6.45, 7) is 5.50. The van der Waals surface area contributed by atoms with Gasteiger partial charge in [0.05, 0.1) is 17.1 Å². The van der Waals surface area contributed by atoms with Gasteiger partial charge in [-0.25, -0.2) is 4.98 Å². The summed E-state index contributed by atoms with van der Waals surface area (Å²) in [6, 6.07) is 13.8. The predicted molar refractivity (Wildman–Crippen MR) is 89.6 cm³/mol. The van der Waals surface area contributed by atoms with Crippen LogP contribution in [0, 0.1) is 12.3 Å². The maximum absolute atomic E-state index is 11.9. The van der Waals surface area contributed by atoms with Gasteiger partial charge in [0.25, 0.3) is 0 Å². The zero-order valence-corrected chi connectivity index (χ0v) is 13.5. The van der Waals surface area contributed by atoms with Crippen molar-refractivity contribution in [2.24, 2.45) is 5.41 Å². The van der Waals surface area contributed by atoms with Crippen molar-refractivity contribution in [1.29, 1.82) is 0 Å². The van der Waals surface area contributed by atoms with Crippen molar-refractivity contribution >= 4 is 11.5 Å². The van der Waals surface area contributed by atoms with Gasteiger partial charge in [0, 0.05) is 12.1 Å². The van der Waals surface area contributed by atoms with Crippen LogP contribution >= 0.6 is 0 Å². The topological polar surface area (TPSA) is 54.6 Å². The van der Waals surface area contributed by atoms with Gasteiger partial charge in [0.1, 0.15) is 5.82 Å². The van der Waals surface area contributed by atoms with E-state index >= 15 is 0 Å². The number of rotatable bonds is 4. The molecule has 0 aliphatic carbocycles. The summed E-state index contributed by atoms with van der Waals surface area (Å²) < 4.78 is 2.00. The Balaban J connectivity index is 2.19. The third kappa shape index (κ3) is 2.61. The molecule has 0 saturated heterocycles. The molecule has 3 rings (SSSR count). The Morgan fingerprint density at radius 1 is 1.17 bits per heavy atom. The standard InChI is InChI=1S/C19H20N2O2/c1-13-20-12-16-11-15(9-10-21(13)16)17(19(2,3)18(22)23)14-7-5-4-6-8-14/h4-12,17H,1-3H3,(H,22,23). The minimum atomic E-state index is -0.922. The maximum atomic E-state index is 11.9. The fourth-order valence-electron chi connectivity index (χ4n) is 3.13. The number of aromatic nitrogens is 2. The van der Waals surface area contributed by atoms with Gasteiger partial charge in [-0.15, -0.1) is 0 Å². The molecule has 1 atom stereocenters. The van der Waals surface area contributed by atoms with Crippen LogP contribution in [0.4, 0.5) is 0 Å². The summed E-state index contributed by atoms with van der Waals surface area (Å²) in [5.41, 5.74) is 2.04. The second-order valence-electron chi connectivity index (χ2n) is 6.43. The number of carboxylic acid groups (broad SMARTS) is 1. The van der Waals surface area contributed by atoms with E-state index in [1.807, 2.05) is 66.2 Å². The molecular weight excluding hydrogens is 288 g/mol. The Hall–Kier alpha value is -2.62. The Bertz CT molecular complexity index is 850. The summed E-state index contributed by atoms with van der Waals surface area (Å²) >= 11 is 0. The molecule has 118 valence electrons. The SMILES string of the molecule is Cc1ncc2cc(C(c3ccccc3)C(C)(C)C(=O)O)ccn12. The van der Waals surface area contributed by atoms with Gasteiger partial charge in [0.15, 0.2) is 0 Å². The van der Waals surface area contributed by atoms with E-state index in [1.54, 1.807) is 13.8 Å². The molecule has 0 aliphatic heterocycles. The first-order valence-corrected chi connectivity index (χ1v) is 7.63. The molecular formula is C19H20N2O2. The maximum Gasteiger partial charge on any atom is 0.310 e. The molecule has 4 nitrogen and oxygen atoms in total. The molecule has 0 bridgehead atoms. The first kappa shape index (κ1) is 15.3. The summed E-state index contributed by atoms with van der Waals surface area (Å²) in [5, 5.41) is 9.73. The van der Waals surface area contributed by atoms with Crippen LogP contribution in [0.15, 0.2) is 54.9 Å². The van der Waals surface area contributed by atoms with Gasteiger partial charge in [-0.3, -0.25) is 4.79 Å². The fraction of sp³-hybridized carbons (Fsp3) is 0.263. The van der Waals surface area contributed by atoms with Crippen LogP contribution < -0.4 is 0 Å². The lowest BCUT2D eigenvalue weighted by Gasteiger charge is -2.31. The average Bonchev–Trinajstić information content (AvgIpc) is 2.89. The van der Waals surface area contributed by atoms with Crippen LogP contribution in [0.2, 0.25) is 0 Å². The third-order valence-electron chi connectivity index (χ3n) is 4.48. The third-order valence-corrected chi connectivity index (χ3v) is 4.48. The van der Waals surface area contributed by atoms with E-state index in [4.69, 9.17) is 0 Å². The second-order valence-corrected chi connectivity index (χ2v) is 6.43. The number of benzene rings is 1. The Kier molecular flexibility index (Phi) is 3.68. The highest BCUT2D eigenvalue weighted by Gasteiger charge is 2.39. The van der Waals surface area contributed by atoms with Crippen LogP contribution in [-0.4, -0.2) is 20.5 Å². The normalized spacial score (nSPS) is 13.2. The van der Waals surface area contributed by atoms with Crippen LogP contribution in [0.5, 0.6) is 0 Å². The molecule has 0 amide bonds. The van der Waals surface area contributed by atoms with E-state index in [9.17, 15) is 9.90 Å². The van der Waals surface area contributed by atoms with Crippen molar-refractivity contribution in [3.05, 3.63) is 71.8 Å². The molecule has 1 aromatic carbocycles. The number of aliphatic carboxylic acids is 1. The van der Waals surface area contributed by atoms with Crippen molar-refractivity contribution in [1.82, 2.24) is 9.38 Å². The number of pyridine rings is 1. The first-order chi connectivity index (χ1) is 10.9. The molecule has 0 radical (unpaired) electrons. The number of carboxylic acids is 1. The summed E-state index contributed by atoms with van der Waals surface area (Å²) in [7, 11) is 0. The summed E-state index contributed by atoms with van der Waals surface area (Å²) in [6.07, 6.45) is 3.77. The lowest BCUT2D eigenvalue weighted by molar-refractivity contribution is -0.147. The van der Waals surface area contributed by atoms with Gasteiger partial charge >= 0.3 is 5.97 Å². The molecule has 0 fully saturated rings. The molecule has 1 N–H and O–H groups in total. The van der Waals surface area contributed by atoms with Crippen LogP contribution in [0.3, 0.4) is 0 Å². The number of fused-ring (bicyclic) bond motifs is 1. The molecule has 1 unspecified atom stereocenters. The number of aryl methyl sites for hydroxylation is 1. The van der Waals surface area contributed by atoms with Gasteiger partial charge in [-0.2, -0.15) is 0 Å². The number of imidazole rings is 1. The fourth-order valence-corrected chi connectivity index (χ4v) is 3.13. The number of hydrogen-bond donors (Lipinski definition) is 1. The quantitative estimate of drug-likeness (QED) is 0.795. The highest BCUT2D eigenvalue weighted by atomic mass is 16.4. The Morgan fingerprint density at radius 3 is 2.52 bits per heavy atom. The van der Waals surface area contributed by atoms with Crippen molar-refractivity contribution < 1.29 is 9.90 Å². The van der Waals surface area contributed by atoms with Gasteiger partial charge in [-0.1, -0.05) is 30.3 Å². The number of carbonyl (C=O) groups is 1. The van der Waals surface area contributed by atoms with E-state index in [1.165, 1.54) is 0 Å². The zero-order valence-electron chi connectivity index (χ0n) is 13.5. The molecule has 0 spiro atoms. The van der Waals surface area contributed by atoms with E-state index < -0.39 is 11.4 Å². The van der Waals surface area contributed by atoms with E-state index in [2.05, 4.69) is 4.98 Å². The van der Waals surface area contributed by atoms with Crippen molar-refractivity contribution in [3.63, 3.8) is 0 Å². The van der Waals surface area contributed by atoms with E-state index in [0.29, 0.717) is 0 Å². The van der Waals surface area contributed by atoms with Crippen molar-refractivity contribution in [3.8, 4) is 0 Å². The monoisotopic (exact) mass is 308 g/mol. The van der Waals surface area contributed by atoms with Crippen LogP contribution in [0.1, 0.15) is 36.7 Å². The molecule has 23 heavy (non-hydrogen) atoms. The largest absolute Gasteiger partial charge is 0.481 e. The van der Waals surface area contributed by atoms with E-state index in [0.717, 1.165) is 22.5 Å². The van der Waals surface area contributed by atoms with Crippen LogP contribution in [-0.2, 0) is 4.79 Å². The summed E-state index contributed by atoms with van der Waals surface area (Å²) in [5.74, 6) is -0.127. The first-order valence-electron chi connectivity index (χ1n) is 7.63. The highest BCUT2D eigenvalue weighted by molar-refractivity contribution is 5.76. The van der Waals surface area contributed by atoms with Gasteiger partial charge < -0.3 is 9.51 Å². The number of hydrogen-bond acceptors (Lipinski definition) is 2. The van der Waals surface area contributed by atoms with Crippen LogP contribution in [0.25, 0.3) is 5.52 Å².